The average molecular weight is 266 g/mol. The topological polar surface area (TPSA) is 37.8 Å². The predicted octanol–water partition coefficient (Wildman–Crippen LogP) is 3.68. The van der Waals surface area contributed by atoms with Crippen molar-refractivity contribution in [2.75, 3.05) is 5.32 Å². The fraction of sp³-hybridized carbons (Fsp3) is 0.333. The van der Waals surface area contributed by atoms with Crippen molar-refractivity contribution >= 4 is 28.8 Å². The molecule has 2 aromatic heterocycles. The summed E-state index contributed by atoms with van der Waals surface area (Å²) in [6.07, 6.45) is 6.26. The van der Waals surface area contributed by atoms with Crippen LogP contribution in [0.15, 0.2) is 24.5 Å². The Bertz CT molecular complexity index is 522. The number of hydrogen-bond donors (Lipinski definition) is 1. The summed E-state index contributed by atoms with van der Waals surface area (Å²) in [4.78, 5) is 9.88. The largest absolute Gasteiger partial charge is 0.365 e. The second-order valence-corrected chi connectivity index (χ2v) is 5.74. The molecule has 0 spiro atoms. The van der Waals surface area contributed by atoms with Crippen LogP contribution in [0.25, 0.3) is 0 Å². The molecule has 17 heavy (non-hydrogen) atoms. The van der Waals surface area contributed by atoms with E-state index in [1.165, 1.54) is 22.7 Å². The fourth-order valence-corrected chi connectivity index (χ4v) is 2.79. The molecule has 1 aliphatic carbocycles. The summed E-state index contributed by atoms with van der Waals surface area (Å²) in [6, 6.07) is 3.59. The Kier molecular flexibility index (Phi) is 2.99. The van der Waals surface area contributed by atoms with Crippen LogP contribution in [0.1, 0.15) is 28.6 Å². The third-order valence-electron chi connectivity index (χ3n) is 2.66. The molecule has 1 N–H and O–H groups in total. The van der Waals surface area contributed by atoms with Crippen LogP contribution in [0.3, 0.4) is 0 Å². The zero-order chi connectivity index (χ0) is 11.7. The van der Waals surface area contributed by atoms with E-state index in [2.05, 4.69) is 15.3 Å². The molecule has 0 aliphatic heterocycles. The zero-order valence-corrected chi connectivity index (χ0v) is 10.8. The van der Waals surface area contributed by atoms with Gasteiger partial charge < -0.3 is 5.32 Å². The minimum absolute atomic E-state index is 0.700. The van der Waals surface area contributed by atoms with E-state index >= 15 is 0 Å². The van der Waals surface area contributed by atoms with E-state index in [-0.39, 0.29) is 0 Å². The van der Waals surface area contributed by atoms with E-state index in [0.717, 1.165) is 18.3 Å². The van der Waals surface area contributed by atoms with Crippen molar-refractivity contribution in [3.8, 4) is 0 Å². The summed E-state index contributed by atoms with van der Waals surface area (Å²) in [5, 5.41) is 5.23. The number of hydrogen-bond acceptors (Lipinski definition) is 4. The lowest BCUT2D eigenvalue weighted by atomic mass is 10.4. The number of halogens is 1. The van der Waals surface area contributed by atoms with Gasteiger partial charge in [0.2, 0.25) is 0 Å². The van der Waals surface area contributed by atoms with Crippen LogP contribution < -0.4 is 5.32 Å². The molecule has 3 nitrogen and oxygen atoms in total. The molecule has 2 heterocycles. The first-order valence-corrected chi connectivity index (χ1v) is 6.81. The van der Waals surface area contributed by atoms with Crippen molar-refractivity contribution in [3.63, 3.8) is 0 Å². The molecule has 0 saturated heterocycles. The molecule has 1 aliphatic rings. The van der Waals surface area contributed by atoms with Crippen LogP contribution in [0.5, 0.6) is 0 Å². The van der Waals surface area contributed by atoms with Crippen LogP contribution in [0, 0.1) is 0 Å². The van der Waals surface area contributed by atoms with E-state index < -0.39 is 0 Å². The normalized spacial score (nSPS) is 14.9. The van der Waals surface area contributed by atoms with Gasteiger partial charge in [0.15, 0.2) is 0 Å². The lowest BCUT2D eigenvalue weighted by Gasteiger charge is -2.02. The summed E-state index contributed by atoms with van der Waals surface area (Å²) in [5.41, 5.74) is 0. The molecule has 0 atom stereocenters. The summed E-state index contributed by atoms with van der Waals surface area (Å²) in [7, 11) is 0. The third-order valence-corrected chi connectivity index (χ3v) is 4.06. The Morgan fingerprint density at radius 1 is 1.41 bits per heavy atom. The van der Waals surface area contributed by atoms with E-state index in [1.54, 1.807) is 23.6 Å². The molecule has 88 valence electrons. The first kappa shape index (κ1) is 11.0. The number of aromatic nitrogens is 2. The van der Waals surface area contributed by atoms with E-state index in [4.69, 9.17) is 11.6 Å². The van der Waals surface area contributed by atoms with Gasteiger partial charge in [0.1, 0.15) is 5.82 Å². The van der Waals surface area contributed by atoms with Crippen molar-refractivity contribution in [1.29, 1.82) is 0 Å². The van der Waals surface area contributed by atoms with E-state index in [9.17, 15) is 0 Å². The Hall–Kier alpha value is -1.13. The molecule has 0 bridgehead atoms. The molecule has 5 heteroatoms. The van der Waals surface area contributed by atoms with Gasteiger partial charge in [-0.3, -0.25) is 0 Å². The van der Waals surface area contributed by atoms with Gasteiger partial charge in [0.25, 0.3) is 0 Å². The highest BCUT2D eigenvalue weighted by Crippen LogP contribution is 2.41. The number of anilines is 1. The second kappa shape index (κ2) is 4.63. The molecule has 3 rings (SSSR count). The second-order valence-electron chi connectivity index (χ2n) is 4.15. The number of nitrogens with one attached hydrogen (secondary N) is 1. The van der Waals surface area contributed by atoms with Crippen LogP contribution >= 0.6 is 22.9 Å². The first-order valence-electron chi connectivity index (χ1n) is 5.61. The molecule has 0 radical (unpaired) electrons. The van der Waals surface area contributed by atoms with Crippen molar-refractivity contribution in [2.24, 2.45) is 0 Å². The van der Waals surface area contributed by atoms with Crippen molar-refractivity contribution in [1.82, 2.24) is 9.97 Å². The Morgan fingerprint density at radius 3 is 3.06 bits per heavy atom. The smallest absolute Gasteiger partial charge is 0.127 e. The minimum Gasteiger partial charge on any atom is -0.365 e. The van der Waals surface area contributed by atoms with Crippen LogP contribution in [0.2, 0.25) is 5.02 Å². The van der Waals surface area contributed by atoms with Gasteiger partial charge in [0, 0.05) is 28.2 Å². The molecular weight excluding hydrogens is 254 g/mol. The summed E-state index contributed by atoms with van der Waals surface area (Å²) < 4.78 is 0. The van der Waals surface area contributed by atoms with Crippen LogP contribution in [0.4, 0.5) is 5.82 Å². The highest BCUT2D eigenvalue weighted by atomic mass is 35.5. The summed E-state index contributed by atoms with van der Waals surface area (Å²) in [5.74, 6) is 1.54. The van der Waals surface area contributed by atoms with Gasteiger partial charge in [-0.25, -0.2) is 9.97 Å². The summed E-state index contributed by atoms with van der Waals surface area (Å²) in [6.45, 7) is 0.762. The van der Waals surface area contributed by atoms with Gasteiger partial charge in [0.05, 0.1) is 11.6 Å². The quantitative estimate of drug-likeness (QED) is 0.916. The van der Waals surface area contributed by atoms with E-state index in [0.29, 0.717) is 5.02 Å². The van der Waals surface area contributed by atoms with Crippen LogP contribution in [-0.4, -0.2) is 9.97 Å². The SMILES string of the molecule is Clc1ccnc(NCc2cnc(C3CC3)s2)c1. The lowest BCUT2D eigenvalue weighted by molar-refractivity contribution is 1.07. The molecule has 1 fully saturated rings. The lowest BCUT2D eigenvalue weighted by Crippen LogP contribution is -1.98. The summed E-state index contributed by atoms with van der Waals surface area (Å²) >= 11 is 7.68. The Labute approximate surface area is 109 Å². The van der Waals surface area contributed by atoms with Gasteiger partial charge in [-0.05, 0) is 25.0 Å². The monoisotopic (exact) mass is 265 g/mol. The van der Waals surface area contributed by atoms with E-state index in [1.807, 2.05) is 12.3 Å². The number of pyridine rings is 1. The highest BCUT2D eigenvalue weighted by Gasteiger charge is 2.26. The maximum Gasteiger partial charge on any atom is 0.127 e. The Morgan fingerprint density at radius 2 is 2.29 bits per heavy atom. The average Bonchev–Trinajstić information content (AvgIpc) is 3.07. The van der Waals surface area contributed by atoms with Crippen LogP contribution in [-0.2, 0) is 6.54 Å². The maximum absolute atomic E-state index is 5.89. The predicted molar refractivity (Wildman–Crippen MR) is 70.7 cm³/mol. The van der Waals surface area contributed by atoms with Crippen molar-refractivity contribution < 1.29 is 0 Å². The maximum atomic E-state index is 5.89. The Balaban J connectivity index is 1.62. The molecule has 0 amide bonds. The van der Waals surface area contributed by atoms with Gasteiger partial charge in [-0.1, -0.05) is 11.6 Å². The molecule has 2 aromatic rings. The number of thiazole rings is 1. The van der Waals surface area contributed by atoms with Gasteiger partial charge in [-0.2, -0.15) is 0 Å². The minimum atomic E-state index is 0.700. The third kappa shape index (κ3) is 2.76. The molecule has 0 unspecified atom stereocenters. The fourth-order valence-electron chi connectivity index (χ4n) is 1.60. The highest BCUT2D eigenvalue weighted by molar-refractivity contribution is 7.11. The number of rotatable bonds is 4. The van der Waals surface area contributed by atoms with Gasteiger partial charge >= 0.3 is 0 Å². The zero-order valence-electron chi connectivity index (χ0n) is 9.19. The molecule has 0 aromatic carbocycles. The van der Waals surface area contributed by atoms with Gasteiger partial charge in [-0.15, -0.1) is 11.3 Å². The first-order chi connectivity index (χ1) is 8.31. The number of nitrogens with zero attached hydrogens (tertiary/aromatic N) is 2. The van der Waals surface area contributed by atoms with Crippen molar-refractivity contribution in [2.45, 2.75) is 25.3 Å². The standard InChI is InChI=1S/C12H12ClN3S/c13-9-3-4-14-11(5-9)15-6-10-7-16-12(17-10)8-1-2-8/h3-5,7-8H,1-2,6H2,(H,14,15). The van der Waals surface area contributed by atoms with Crippen molar-refractivity contribution in [3.05, 3.63) is 39.4 Å². The molecule has 1 saturated carbocycles. The molecular formula is C12H12ClN3S.